The van der Waals surface area contributed by atoms with E-state index in [4.69, 9.17) is 16.3 Å². The lowest BCUT2D eigenvalue weighted by Crippen LogP contribution is -2.17. The smallest absolute Gasteiger partial charge is 0.357 e. The molecule has 0 saturated heterocycles. The molecule has 140 valence electrons. The Hall–Kier alpha value is -3.02. The van der Waals surface area contributed by atoms with E-state index >= 15 is 0 Å². The quantitative estimate of drug-likeness (QED) is 0.487. The van der Waals surface area contributed by atoms with Crippen molar-refractivity contribution in [1.82, 2.24) is 4.68 Å². The van der Waals surface area contributed by atoms with E-state index in [-0.39, 0.29) is 11.7 Å². The minimum Gasteiger partial charge on any atom is -0.464 e. The van der Waals surface area contributed by atoms with Crippen LogP contribution in [0, 0.1) is 0 Å². The minimum atomic E-state index is -0.522. The molecule has 0 atom stereocenters. The van der Waals surface area contributed by atoms with Gasteiger partial charge in [0.15, 0.2) is 5.69 Å². The molecule has 0 amide bonds. The number of aromatic nitrogens is 1. The molecule has 0 bridgehead atoms. The first-order chi connectivity index (χ1) is 12.5. The molecule has 0 unspecified atom stereocenters. The lowest BCUT2D eigenvalue weighted by molar-refractivity contribution is 0.0592. The van der Waals surface area contributed by atoms with E-state index in [0.717, 1.165) is 5.56 Å². The van der Waals surface area contributed by atoms with Crippen LogP contribution in [0.4, 0.5) is 0 Å². The Kier molecular flexibility index (Phi) is 8.15. The molecule has 0 aliphatic carbocycles. The predicted octanol–water partition coefficient (Wildman–Crippen LogP) is 3.46. The van der Waals surface area contributed by atoms with Crippen LogP contribution in [0.5, 0.6) is 0 Å². The molecule has 2 aromatic rings. The zero-order valence-corrected chi connectivity index (χ0v) is 16.1. The summed E-state index contributed by atoms with van der Waals surface area (Å²) in [6.45, 7) is 7.95. The van der Waals surface area contributed by atoms with Crippen molar-refractivity contribution in [2.24, 2.45) is 10.7 Å². The number of methoxy groups -OCH3 is 1. The molecule has 26 heavy (non-hydrogen) atoms. The van der Waals surface area contributed by atoms with Crippen LogP contribution in [0.25, 0.3) is 16.8 Å². The summed E-state index contributed by atoms with van der Waals surface area (Å²) in [7, 11) is 1.32. The van der Waals surface area contributed by atoms with Crippen LogP contribution in [0.1, 0.15) is 43.7 Å². The fourth-order valence-electron chi connectivity index (χ4n) is 2.33. The summed E-state index contributed by atoms with van der Waals surface area (Å²) < 4.78 is 6.10. The molecular formula is C20H28N4O2. The number of nitrogen functional groups attached to an aromatic ring is 1. The molecule has 2 rings (SSSR count). The highest BCUT2D eigenvalue weighted by atomic mass is 16.5. The van der Waals surface area contributed by atoms with E-state index < -0.39 is 5.97 Å². The van der Waals surface area contributed by atoms with Gasteiger partial charge in [-0.25, -0.2) is 4.79 Å². The summed E-state index contributed by atoms with van der Waals surface area (Å²) >= 11 is 0. The number of nitrogens with zero attached hydrogens (tertiary/aromatic N) is 2. The third-order valence-electron chi connectivity index (χ3n) is 3.42. The molecule has 1 aromatic carbocycles. The Labute approximate surface area is 155 Å². The molecule has 0 fully saturated rings. The van der Waals surface area contributed by atoms with Gasteiger partial charge >= 0.3 is 5.97 Å². The van der Waals surface area contributed by atoms with Crippen molar-refractivity contribution < 1.29 is 9.53 Å². The summed E-state index contributed by atoms with van der Waals surface area (Å²) in [4.78, 5) is 16.4. The van der Waals surface area contributed by atoms with Gasteiger partial charge in [0, 0.05) is 35.3 Å². The fraction of sp³-hybridized carbons (Fsp3) is 0.300. The van der Waals surface area contributed by atoms with E-state index in [1.165, 1.54) is 11.8 Å². The van der Waals surface area contributed by atoms with Gasteiger partial charge in [-0.15, -0.1) is 0 Å². The molecule has 6 heteroatoms. The first-order valence-corrected chi connectivity index (χ1v) is 8.59. The molecule has 1 aromatic heterocycles. The van der Waals surface area contributed by atoms with E-state index in [0.29, 0.717) is 16.8 Å². The van der Waals surface area contributed by atoms with Crippen LogP contribution < -0.4 is 11.6 Å². The van der Waals surface area contributed by atoms with E-state index in [2.05, 4.69) is 4.99 Å². The van der Waals surface area contributed by atoms with Crippen molar-refractivity contribution in [2.75, 3.05) is 13.0 Å². The Morgan fingerprint density at radius 2 is 1.85 bits per heavy atom. The molecule has 6 nitrogen and oxygen atoms in total. The standard InChI is InChI=1S/C18H22N4O2.C2H6/c1-12(2)21-10-9-15(19)14-11-22(20)17(18(23)24-3)16(14)13-7-5-4-6-8-13;1-2/h4-12H,19-20H2,1-3H3;1-2H3/b15-9-,21-10?;. The van der Waals surface area contributed by atoms with Gasteiger partial charge in [-0.1, -0.05) is 44.2 Å². The number of carbonyl (C=O) groups is 1. The average Bonchev–Trinajstić information content (AvgIpc) is 3.00. The topological polar surface area (TPSA) is 95.6 Å². The second-order valence-corrected chi connectivity index (χ2v) is 5.55. The molecule has 0 aliphatic heterocycles. The zero-order chi connectivity index (χ0) is 19.7. The summed E-state index contributed by atoms with van der Waals surface area (Å²) in [6, 6.07) is 9.62. The van der Waals surface area contributed by atoms with Crippen molar-refractivity contribution >= 4 is 17.9 Å². The summed E-state index contributed by atoms with van der Waals surface area (Å²) in [5.74, 6) is 5.45. The second-order valence-electron chi connectivity index (χ2n) is 5.55. The lowest BCUT2D eigenvalue weighted by atomic mass is 9.99. The van der Waals surface area contributed by atoms with Gasteiger partial charge in [-0.2, -0.15) is 0 Å². The van der Waals surface area contributed by atoms with Crippen LogP contribution in [0.3, 0.4) is 0 Å². The lowest BCUT2D eigenvalue weighted by Gasteiger charge is -2.08. The molecule has 4 N–H and O–H groups in total. The van der Waals surface area contributed by atoms with Crippen molar-refractivity contribution in [2.45, 2.75) is 33.7 Å². The first kappa shape index (κ1) is 21.0. The number of allylic oxidation sites excluding steroid dienone is 1. The van der Waals surface area contributed by atoms with Gasteiger partial charge in [0.2, 0.25) is 0 Å². The van der Waals surface area contributed by atoms with Crippen molar-refractivity contribution in [1.29, 1.82) is 0 Å². The minimum absolute atomic E-state index is 0.174. The van der Waals surface area contributed by atoms with E-state index in [1.54, 1.807) is 18.5 Å². The number of esters is 1. The highest BCUT2D eigenvalue weighted by Crippen LogP contribution is 2.32. The Morgan fingerprint density at radius 1 is 1.23 bits per heavy atom. The predicted molar refractivity (Wildman–Crippen MR) is 108 cm³/mol. The van der Waals surface area contributed by atoms with Gasteiger partial charge in [0.05, 0.1) is 7.11 Å². The number of hydrogen-bond acceptors (Lipinski definition) is 5. The van der Waals surface area contributed by atoms with Gasteiger partial charge in [-0.05, 0) is 25.5 Å². The second kappa shape index (κ2) is 10.1. The third kappa shape index (κ3) is 4.99. The number of benzene rings is 1. The maximum Gasteiger partial charge on any atom is 0.357 e. The number of nitrogens with two attached hydrogens (primary N) is 2. The van der Waals surface area contributed by atoms with Crippen LogP contribution >= 0.6 is 0 Å². The van der Waals surface area contributed by atoms with Crippen molar-refractivity contribution in [3.05, 3.63) is 53.9 Å². The summed E-state index contributed by atoms with van der Waals surface area (Å²) in [5, 5.41) is 0. The highest BCUT2D eigenvalue weighted by Gasteiger charge is 2.23. The molecule has 0 saturated carbocycles. The van der Waals surface area contributed by atoms with Gasteiger partial charge in [0.25, 0.3) is 0 Å². The number of hydrogen-bond donors (Lipinski definition) is 2. The Bertz CT molecular complexity index is 775. The number of carbonyl (C=O) groups excluding carboxylic acids is 1. The van der Waals surface area contributed by atoms with Crippen LogP contribution in [0.15, 0.2) is 47.6 Å². The largest absolute Gasteiger partial charge is 0.464 e. The summed E-state index contributed by atoms with van der Waals surface area (Å²) in [6.07, 6.45) is 4.97. The maximum atomic E-state index is 12.2. The number of ether oxygens (including phenoxy) is 1. The van der Waals surface area contributed by atoms with Gasteiger partial charge < -0.3 is 16.3 Å². The zero-order valence-electron chi connectivity index (χ0n) is 16.1. The SMILES string of the molecule is CC.COC(=O)c1c(-c2ccccc2)c(/C(N)=C/C=NC(C)C)cn1N. The highest BCUT2D eigenvalue weighted by molar-refractivity contribution is 6.00. The maximum absolute atomic E-state index is 12.2. The number of rotatable bonds is 5. The molecule has 1 heterocycles. The van der Waals surface area contributed by atoms with Crippen molar-refractivity contribution in [3.8, 4) is 11.1 Å². The van der Waals surface area contributed by atoms with Gasteiger partial charge in [-0.3, -0.25) is 9.67 Å². The van der Waals surface area contributed by atoms with E-state index in [1.807, 2.05) is 58.0 Å². The first-order valence-electron chi connectivity index (χ1n) is 8.59. The Morgan fingerprint density at radius 3 is 2.38 bits per heavy atom. The monoisotopic (exact) mass is 356 g/mol. The molecular weight excluding hydrogens is 328 g/mol. The molecule has 0 aliphatic rings. The summed E-state index contributed by atoms with van der Waals surface area (Å²) in [5.41, 5.74) is 9.02. The molecule has 0 spiro atoms. The molecule has 0 radical (unpaired) electrons. The van der Waals surface area contributed by atoms with Crippen molar-refractivity contribution in [3.63, 3.8) is 0 Å². The van der Waals surface area contributed by atoms with E-state index in [9.17, 15) is 4.79 Å². The Balaban J connectivity index is 0.00000163. The average molecular weight is 356 g/mol. The fourth-order valence-corrected chi connectivity index (χ4v) is 2.33. The van der Waals surface area contributed by atoms with Crippen LogP contribution in [0.2, 0.25) is 0 Å². The van der Waals surface area contributed by atoms with Gasteiger partial charge in [0.1, 0.15) is 0 Å². The van der Waals surface area contributed by atoms with Crippen LogP contribution in [-0.2, 0) is 4.74 Å². The van der Waals surface area contributed by atoms with Crippen LogP contribution in [-0.4, -0.2) is 30.0 Å². The number of aliphatic imine (C=N–C) groups is 1. The normalized spacial score (nSPS) is 11.4. The third-order valence-corrected chi connectivity index (χ3v) is 3.42.